The number of para-hydroxylation sites is 1. The number of aldehydes is 1. The van der Waals surface area contributed by atoms with E-state index in [0.29, 0.717) is 25.2 Å². The summed E-state index contributed by atoms with van der Waals surface area (Å²) in [5, 5.41) is 13.2. The number of carbonyl (C=O) groups excluding carboxylic acids is 1. The topological polar surface area (TPSA) is 71.5 Å². The molecule has 0 aromatic heterocycles. The smallest absolute Gasteiger partial charge is 0.159 e. The van der Waals surface area contributed by atoms with Gasteiger partial charge in [0.05, 0.1) is 12.2 Å². The lowest BCUT2D eigenvalue weighted by atomic mass is 9.95. The fraction of sp³-hybridized carbons (Fsp3) is 0.629. The summed E-state index contributed by atoms with van der Waals surface area (Å²) in [6.07, 6.45) is 9.15. The van der Waals surface area contributed by atoms with Gasteiger partial charge < -0.3 is 34.7 Å². The molecule has 2 aliphatic rings. The normalized spacial score (nSPS) is 17.8. The molecule has 2 aliphatic heterocycles. The van der Waals surface area contributed by atoms with E-state index in [1.165, 1.54) is 56.4 Å². The third-order valence-corrected chi connectivity index (χ3v) is 8.71. The van der Waals surface area contributed by atoms with Crippen LogP contribution in [0.2, 0.25) is 0 Å². The van der Waals surface area contributed by atoms with Crippen molar-refractivity contribution in [1.29, 1.82) is 0 Å². The molecule has 0 radical (unpaired) electrons. The number of aliphatic hydroxyl groups excluding tert-OH is 1. The Morgan fingerprint density at radius 3 is 2.51 bits per heavy atom. The van der Waals surface area contributed by atoms with E-state index in [1.807, 2.05) is 17.0 Å². The maximum atomic E-state index is 11.3. The molecule has 2 aromatic rings. The second-order valence-electron chi connectivity index (χ2n) is 12.3. The summed E-state index contributed by atoms with van der Waals surface area (Å²) < 4.78 is 5.65. The van der Waals surface area contributed by atoms with Gasteiger partial charge in [-0.05, 0) is 115 Å². The highest BCUT2D eigenvalue weighted by molar-refractivity contribution is 5.60. The number of benzene rings is 2. The van der Waals surface area contributed by atoms with E-state index in [1.54, 1.807) is 0 Å². The lowest BCUT2D eigenvalue weighted by molar-refractivity contribution is -0.109. The monoisotopic (exact) mass is 595 g/mol. The second kappa shape index (κ2) is 18.9. The Balaban J connectivity index is 0.000000331. The molecule has 0 bridgehead atoms. The fourth-order valence-corrected chi connectivity index (χ4v) is 6.14. The van der Waals surface area contributed by atoms with Crippen molar-refractivity contribution >= 4 is 17.7 Å². The van der Waals surface area contributed by atoms with Crippen molar-refractivity contribution < 1.29 is 14.6 Å². The molecule has 2 unspecified atom stereocenters. The molecule has 8 heteroatoms. The van der Waals surface area contributed by atoms with Crippen molar-refractivity contribution in [1.82, 2.24) is 14.7 Å². The molecule has 1 saturated heterocycles. The largest absolute Gasteiger partial charge is 0.471 e. The highest BCUT2D eigenvalue weighted by Gasteiger charge is 2.33. The molecular formula is C35H57N5O3. The van der Waals surface area contributed by atoms with Crippen molar-refractivity contribution in [2.45, 2.75) is 70.8 Å². The highest BCUT2D eigenvalue weighted by Crippen LogP contribution is 2.38. The Kier molecular flexibility index (Phi) is 15.3. The van der Waals surface area contributed by atoms with Crippen LogP contribution in [0.3, 0.4) is 0 Å². The Morgan fingerprint density at radius 1 is 1.02 bits per heavy atom. The molecule has 240 valence electrons. The Morgan fingerprint density at radius 2 is 1.79 bits per heavy atom. The van der Waals surface area contributed by atoms with E-state index >= 15 is 0 Å². The minimum absolute atomic E-state index is 0.00396. The van der Waals surface area contributed by atoms with Gasteiger partial charge >= 0.3 is 0 Å². The molecule has 0 aliphatic carbocycles. The molecule has 4 rings (SSSR count). The van der Waals surface area contributed by atoms with Crippen molar-refractivity contribution in [3.63, 3.8) is 0 Å². The second-order valence-corrected chi connectivity index (χ2v) is 12.3. The molecule has 0 spiro atoms. The third-order valence-electron chi connectivity index (χ3n) is 8.71. The van der Waals surface area contributed by atoms with Crippen LogP contribution in [0.15, 0.2) is 42.5 Å². The van der Waals surface area contributed by atoms with Crippen molar-refractivity contribution in [3.8, 4) is 5.75 Å². The number of anilines is 2. The number of hydrogen-bond acceptors (Lipinski definition) is 8. The van der Waals surface area contributed by atoms with Gasteiger partial charge in [0.25, 0.3) is 0 Å². The standard InChI is InChI=1S/C24H31N3O3.C11H26N2/c1-2-18-5-3-4-6-23(18)27(17-29)10-9-21-13-20(15-26(21)11-12-28)19-7-8-22-24(14-19)30-16-25-22;1-5-6-10-13(4)11-8-7-9-12(2)3/h3-8,12,14,20-21,25,29H,2,9-11,13,15-17H2,1H3;5-11H2,1-4H3. The average molecular weight is 596 g/mol. The Labute approximate surface area is 261 Å². The molecule has 0 saturated carbocycles. The summed E-state index contributed by atoms with van der Waals surface area (Å²) >= 11 is 0. The molecule has 2 aromatic carbocycles. The van der Waals surface area contributed by atoms with Gasteiger partial charge in [0.1, 0.15) is 18.8 Å². The number of likely N-dealkylation sites (tertiary alicyclic amines) is 1. The van der Waals surface area contributed by atoms with Crippen LogP contribution in [-0.4, -0.2) is 106 Å². The van der Waals surface area contributed by atoms with E-state index in [4.69, 9.17) is 4.74 Å². The number of hydrogen-bond donors (Lipinski definition) is 2. The summed E-state index contributed by atoms with van der Waals surface area (Å²) in [4.78, 5) is 20.3. The number of carbonyl (C=O) groups is 1. The van der Waals surface area contributed by atoms with Gasteiger partial charge in [-0.25, -0.2) is 0 Å². The number of nitrogens with zero attached hydrogens (tertiary/aromatic N) is 4. The Hall–Kier alpha value is -2.65. The summed E-state index contributed by atoms with van der Waals surface area (Å²) in [6, 6.07) is 15.0. The molecule has 43 heavy (non-hydrogen) atoms. The summed E-state index contributed by atoms with van der Waals surface area (Å²) in [5.74, 6) is 1.30. The minimum atomic E-state index is -0.00396. The number of aryl methyl sites for hydroxylation is 1. The zero-order chi connectivity index (χ0) is 31.0. The van der Waals surface area contributed by atoms with Crippen molar-refractivity contribution in [3.05, 3.63) is 53.6 Å². The number of nitrogens with one attached hydrogen (secondary N) is 1. The molecule has 2 heterocycles. The third kappa shape index (κ3) is 11.1. The summed E-state index contributed by atoms with van der Waals surface area (Å²) in [7, 11) is 6.51. The number of unbranched alkanes of at least 4 members (excludes halogenated alkanes) is 2. The van der Waals surface area contributed by atoms with Crippen LogP contribution < -0.4 is 15.0 Å². The van der Waals surface area contributed by atoms with Gasteiger partial charge in [-0.3, -0.25) is 4.90 Å². The maximum absolute atomic E-state index is 11.3. The van der Waals surface area contributed by atoms with Gasteiger partial charge in [0, 0.05) is 24.8 Å². The zero-order valence-electron chi connectivity index (χ0n) is 27.4. The molecule has 2 N–H and O–H groups in total. The fourth-order valence-electron chi connectivity index (χ4n) is 6.14. The average Bonchev–Trinajstić information content (AvgIpc) is 3.66. The SMILES string of the molecule is CCCCN(C)CCCCN(C)C.CCc1ccccc1N(CO)CCC1CC(c2ccc3c(c2)OCN3)CN1CC=O. The predicted octanol–water partition coefficient (Wildman–Crippen LogP) is 5.27. The van der Waals surface area contributed by atoms with Gasteiger partial charge in [-0.2, -0.15) is 0 Å². The van der Waals surface area contributed by atoms with Crippen LogP contribution in [0.4, 0.5) is 11.4 Å². The zero-order valence-corrected chi connectivity index (χ0v) is 27.4. The van der Waals surface area contributed by atoms with Crippen LogP contribution in [0, 0.1) is 0 Å². The van der Waals surface area contributed by atoms with E-state index in [9.17, 15) is 9.90 Å². The van der Waals surface area contributed by atoms with Gasteiger partial charge in [0.15, 0.2) is 6.73 Å². The number of rotatable bonds is 17. The van der Waals surface area contributed by atoms with Gasteiger partial charge in [-0.15, -0.1) is 0 Å². The number of fused-ring (bicyclic) bond motifs is 1. The first-order chi connectivity index (χ1) is 20.9. The van der Waals surface area contributed by atoms with Crippen LogP contribution >= 0.6 is 0 Å². The van der Waals surface area contributed by atoms with E-state index < -0.39 is 0 Å². The van der Waals surface area contributed by atoms with E-state index in [0.717, 1.165) is 55.8 Å². The maximum Gasteiger partial charge on any atom is 0.159 e. The summed E-state index contributed by atoms with van der Waals surface area (Å²) in [6.45, 7) is 10.7. The first-order valence-corrected chi connectivity index (χ1v) is 16.3. The number of ether oxygens (including phenoxy) is 1. The quantitative estimate of drug-likeness (QED) is 0.146. The first kappa shape index (κ1) is 34.8. The van der Waals surface area contributed by atoms with E-state index in [-0.39, 0.29) is 6.73 Å². The van der Waals surface area contributed by atoms with Crippen molar-refractivity contribution in [2.24, 2.45) is 0 Å². The highest BCUT2D eigenvalue weighted by atomic mass is 16.5. The molecule has 1 fully saturated rings. The van der Waals surface area contributed by atoms with Gasteiger partial charge in [0.2, 0.25) is 0 Å². The van der Waals surface area contributed by atoms with Crippen LogP contribution in [0.1, 0.15) is 69.4 Å². The molecular weight excluding hydrogens is 538 g/mol. The van der Waals surface area contributed by atoms with Crippen LogP contribution in [-0.2, 0) is 11.2 Å². The van der Waals surface area contributed by atoms with Gasteiger partial charge in [-0.1, -0.05) is 44.5 Å². The Bertz CT molecular complexity index is 1080. The van der Waals surface area contributed by atoms with Crippen LogP contribution in [0.5, 0.6) is 5.75 Å². The minimum Gasteiger partial charge on any atom is -0.471 e. The number of aliphatic hydroxyl groups is 1. The summed E-state index contributed by atoms with van der Waals surface area (Å²) in [5.41, 5.74) is 4.66. The predicted molar refractivity (Wildman–Crippen MR) is 179 cm³/mol. The lowest BCUT2D eigenvalue weighted by Gasteiger charge is -2.28. The van der Waals surface area contributed by atoms with Crippen LogP contribution in [0.25, 0.3) is 0 Å². The van der Waals surface area contributed by atoms with Crippen molar-refractivity contribution in [2.75, 3.05) is 84.1 Å². The molecule has 2 atom stereocenters. The molecule has 8 nitrogen and oxygen atoms in total. The first-order valence-electron chi connectivity index (χ1n) is 16.3. The molecule has 0 amide bonds. The van der Waals surface area contributed by atoms with E-state index in [2.05, 4.69) is 85.3 Å². The lowest BCUT2D eigenvalue weighted by Crippen LogP contribution is -2.35.